The monoisotopic (exact) mass is 301 g/mol. The van der Waals surface area contributed by atoms with Crippen molar-refractivity contribution in [1.29, 1.82) is 0 Å². The number of hydrogen-bond acceptors (Lipinski definition) is 5. The second kappa shape index (κ2) is 7.64. The first kappa shape index (κ1) is 17.8. The van der Waals surface area contributed by atoms with Crippen LogP contribution in [0.5, 0.6) is 0 Å². The average molecular weight is 301 g/mol. The lowest BCUT2D eigenvalue weighted by atomic mass is 10.1. The summed E-state index contributed by atoms with van der Waals surface area (Å²) in [7, 11) is 1.63. The van der Waals surface area contributed by atoms with E-state index >= 15 is 0 Å². The summed E-state index contributed by atoms with van der Waals surface area (Å²) in [5, 5.41) is 0. The summed E-state index contributed by atoms with van der Waals surface area (Å²) in [4.78, 5) is 25.4. The van der Waals surface area contributed by atoms with Crippen molar-refractivity contribution in [2.75, 3.05) is 20.3 Å². The van der Waals surface area contributed by atoms with Crippen LogP contribution in [0, 0.1) is 0 Å². The lowest BCUT2D eigenvalue weighted by Gasteiger charge is -2.28. The number of ether oxygens (including phenoxy) is 3. The van der Waals surface area contributed by atoms with E-state index in [0.29, 0.717) is 26.0 Å². The first-order valence-electron chi connectivity index (χ1n) is 7.44. The lowest BCUT2D eigenvalue weighted by molar-refractivity contribution is -0.143. The molecule has 0 spiro atoms. The molecule has 0 aliphatic carbocycles. The maximum atomic E-state index is 12.2. The molecule has 6 nitrogen and oxygen atoms in total. The molecule has 6 heteroatoms. The maximum Gasteiger partial charge on any atom is 0.410 e. The molecular formula is C15H27NO5. The number of methoxy groups -OCH3 is 1. The third kappa shape index (κ3) is 5.91. The molecule has 0 radical (unpaired) electrons. The van der Waals surface area contributed by atoms with Crippen LogP contribution in [0.25, 0.3) is 0 Å². The summed E-state index contributed by atoms with van der Waals surface area (Å²) in [6.07, 6.45) is 1.22. The molecule has 1 aliphatic rings. The van der Waals surface area contributed by atoms with Crippen molar-refractivity contribution in [1.82, 2.24) is 4.90 Å². The minimum absolute atomic E-state index is 0.00952. The molecule has 2 atom stereocenters. The molecule has 1 heterocycles. The molecular weight excluding hydrogens is 274 g/mol. The predicted molar refractivity (Wildman–Crippen MR) is 78.0 cm³/mol. The number of nitrogens with zero attached hydrogens (tertiary/aromatic N) is 1. The molecule has 1 amide bonds. The summed E-state index contributed by atoms with van der Waals surface area (Å²) >= 11 is 0. The van der Waals surface area contributed by atoms with Crippen molar-refractivity contribution in [2.24, 2.45) is 0 Å². The first-order chi connectivity index (χ1) is 9.76. The fourth-order valence-electron chi connectivity index (χ4n) is 2.38. The third-order valence-electron chi connectivity index (χ3n) is 3.32. The van der Waals surface area contributed by atoms with Crippen LogP contribution in [0.2, 0.25) is 0 Å². The van der Waals surface area contributed by atoms with Crippen LogP contribution in [-0.2, 0) is 19.0 Å². The van der Waals surface area contributed by atoms with Gasteiger partial charge >= 0.3 is 12.1 Å². The Morgan fingerprint density at radius 1 is 1.29 bits per heavy atom. The highest BCUT2D eigenvalue weighted by atomic mass is 16.6. The van der Waals surface area contributed by atoms with Gasteiger partial charge in [-0.3, -0.25) is 4.79 Å². The lowest BCUT2D eigenvalue weighted by Crippen LogP contribution is -2.40. The number of carbonyl (C=O) groups is 2. The van der Waals surface area contributed by atoms with Crippen molar-refractivity contribution in [3.63, 3.8) is 0 Å². The predicted octanol–water partition coefficient (Wildman–Crippen LogP) is 2.35. The number of amides is 1. The molecule has 122 valence electrons. The number of rotatable bonds is 5. The van der Waals surface area contributed by atoms with Gasteiger partial charge in [0.15, 0.2) is 0 Å². The number of esters is 1. The topological polar surface area (TPSA) is 65.1 Å². The Labute approximate surface area is 126 Å². The van der Waals surface area contributed by atoms with Gasteiger partial charge in [0.25, 0.3) is 0 Å². The normalized spacial score (nSPS) is 22.2. The fraction of sp³-hybridized carbons (Fsp3) is 0.867. The number of hydrogen-bond donors (Lipinski definition) is 0. The molecule has 0 N–H and O–H groups in total. The maximum absolute atomic E-state index is 12.2. The smallest absolute Gasteiger partial charge is 0.410 e. The second-order valence-corrected chi connectivity index (χ2v) is 6.22. The van der Waals surface area contributed by atoms with E-state index in [2.05, 4.69) is 0 Å². The Morgan fingerprint density at radius 3 is 2.48 bits per heavy atom. The first-order valence-corrected chi connectivity index (χ1v) is 7.44. The van der Waals surface area contributed by atoms with E-state index in [1.807, 2.05) is 20.8 Å². The molecule has 1 rings (SSSR count). The van der Waals surface area contributed by atoms with Gasteiger partial charge in [-0.25, -0.2) is 4.79 Å². The van der Waals surface area contributed by atoms with Crippen molar-refractivity contribution < 1.29 is 23.8 Å². The van der Waals surface area contributed by atoms with Gasteiger partial charge in [0.1, 0.15) is 5.60 Å². The van der Waals surface area contributed by atoms with E-state index in [0.717, 1.165) is 6.42 Å². The molecule has 1 saturated heterocycles. The molecule has 21 heavy (non-hydrogen) atoms. The Balaban J connectivity index is 2.61. The Kier molecular flexibility index (Phi) is 6.45. The van der Waals surface area contributed by atoms with Crippen molar-refractivity contribution in [2.45, 2.75) is 64.7 Å². The van der Waals surface area contributed by atoms with Crippen LogP contribution in [0.3, 0.4) is 0 Å². The SMILES string of the molecule is CCOC(=O)CC[C@@H]1C[C@H](OC)CN1C(=O)OC(C)(C)C. The molecule has 0 saturated carbocycles. The zero-order valence-electron chi connectivity index (χ0n) is 13.7. The zero-order valence-corrected chi connectivity index (χ0v) is 13.7. The van der Waals surface area contributed by atoms with E-state index in [1.54, 1.807) is 18.9 Å². The van der Waals surface area contributed by atoms with Crippen molar-refractivity contribution >= 4 is 12.1 Å². The largest absolute Gasteiger partial charge is 0.466 e. The summed E-state index contributed by atoms with van der Waals surface area (Å²) in [5.74, 6) is -0.234. The standard InChI is InChI=1S/C15H27NO5/c1-6-20-13(17)8-7-11-9-12(19-5)10-16(11)14(18)21-15(2,3)4/h11-12H,6-10H2,1-5H3/t11-,12+/m1/s1. The van der Waals surface area contributed by atoms with Crippen LogP contribution in [0.15, 0.2) is 0 Å². The minimum atomic E-state index is -0.534. The van der Waals surface area contributed by atoms with Crippen LogP contribution >= 0.6 is 0 Å². The molecule has 0 unspecified atom stereocenters. The van der Waals surface area contributed by atoms with E-state index < -0.39 is 5.60 Å². The van der Waals surface area contributed by atoms with Crippen LogP contribution in [0.1, 0.15) is 47.0 Å². The highest BCUT2D eigenvalue weighted by molar-refractivity contribution is 5.70. The minimum Gasteiger partial charge on any atom is -0.466 e. The third-order valence-corrected chi connectivity index (χ3v) is 3.32. The van der Waals surface area contributed by atoms with Gasteiger partial charge in [0, 0.05) is 19.6 Å². The molecule has 1 aliphatic heterocycles. The summed E-state index contributed by atoms with van der Waals surface area (Å²) in [5.41, 5.74) is -0.534. The van der Waals surface area contributed by atoms with Crippen molar-refractivity contribution in [3.05, 3.63) is 0 Å². The molecule has 1 fully saturated rings. The summed E-state index contributed by atoms with van der Waals surface area (Å²) in [6, 6.07) is -0.0470. The van der Waals surface area contributed by atoms with Crippen LogP contribution in [0.4, 0.5) is 4.79 Å². The fourth-order valence-corrected chi connectivity index (χ4v) is 2.38. The van der Waals surface area contributed by atoms with Gasteiger partial charge in [0.2, 0.25) is 0 Å². The Hall–Kier alpha value is -1.30. The molecule has 0 aromatic carbocycles. The highest BCUT2D eigenvalue weighted by Crippen LogP contribution is 2.26. The Bertz CT molecular complexity index is 364. The van der Waals surface area contributed by atoms with Crippen molar-refractivity contribution in [3.8, 4) is 0 Å². The van der Waals surface area contributed by atoms with Gasteiger partial charge in [-0.1, -0.05) is 0 Å². The highest BCUT2D eigenvalue weighted by Gasteiger charge is 2.37. The van der Waals surface area contributed by atoms with Gasteiger partial charge in [0.05, 0.1) is 19.3 Å². The second-order valence-electron chi connectivity index (χ2n) is 6.22. The van der Waals surface area contributed by atoms with E-state index in [1.165, 1.54) is 0 Å². The molecule has 0 aromatic heterocycles. The van der Waals surface area contributed by atoms with Gasteiger partial charge in [-0.05, 0) is 40.5 Å². The van der Waals surface area contributed by atoms with Gasteiger partial charge in [-0.2, -0.15) is 0 Å². The van der Waals surface area contributed by atoms with E-state index in [9.17, 15) is 9.59 Å². The van der Waals surface area contributed by atoms with Crippen LogP contribution < -0.4 is 0 Å². The molecule has 0 aromatic rings. The summed E-state index contributed by atoms with van der Waals surface area (Å²) < 4.78 is 15.7. The van der Waals surface area contributed by atoms with Gasteiger partial charge in [-0.15, -0.1) is 0 Å². The molecule has 0 bridgehead atoms. The quantitative estimate of drug-likeness (QED) is 0.729. The zero-order chi connectivity index (χ0) is 16.0. The van der Waals surface area contributed by atoms with Gasteiger partial charge < -0.3 is 19.1 Å². The number of carbonyl (C=O) groups excluding carboxylic acids is 2. The Morgan fingerprint density at radius 2 is 1.95 bits per heavy atom. The summed E-state index contributed by atoms with van der Waals surface area (Å²) in [6.45, 7) is 8.16. The van der Waals surface area contributed by atoms with E-state index in [-0.39, 0.29) is 24.2 Å². The average Bonchev–Trinajstić information content (AvgIpc) is 2.78. The van der Waals surface area contributed by atoms with Crippen LogP contribution in [-0.4, -0.2) is 55.0 Å². The van der Waals surface area contributed by atoms with E-state index in [4.69, 9.17) is 14.2 Å². The number of likely N-dealkylation sites (tertiary alicyclic amines) is 1.